The number of hydrogen-bond donors (Lipinski definition) is 2. The van der Waals surface area contributed by atoms with Crippen LogP contribution >= 0.6 is 11.8 Å². The summed E-state index contributed by atoms with van der Waals surface area (Å²) in [4.78, 5) is 23.2. The first kappa shape index (κ1) is 16.1. The quantitative estimate of drug-likeness (QED) is 0.861. The largest absolute Gasteiger partial charge is 0.366 e. The fourth-order valence-electron chi connectivity index (χ4n) is 1.94. The van der Waals surface area contributed by atoms with Gasteiger partial charge < -0.3 is 11.1 Å². The predicted octanol–water partition coefficient (Wildman–Crippen LogP) is 2.97. The molecule has 0 spiro atoms. The number of rotatable bonds is 6. The van der Waals surface area contributed by atoms with Gasteiger partial charge in [0.2, 0.25) is 5.91 Å². The molecule has 0 heterocycles. The first-order valence-electron chi connectivity index (χ1n) is 6.88. The monoisotopic (exact) mass is 314 g/mol. The van der Waals surface area contributed by atoms with Crippen molar-refractivity contribution in [2.24, 2.45) is 5.73 Å². The number of carbonyl (C=O) groups excluding carboxylic acids is 2. The van der Waals surface area contributed by atoms with E-state index in [1.54, 1.807) is 24.3 Å². The smallest absolute Gasteiger partial charge is 0.250 e. The number of nitrogens with two attached hydrogens (primary N) is 1. The van der Waals surface area contributed by atoms with Crippen molar-refractivity contribution in [3.05, 3.63) is 65.2 Å². The van der Waals surface area contributed by atoms with Gasteiger partial charge in [0, 0.05) is 5.75 Å². The summed E-state index contributed by atoms with van der Waals surface area (Å²) in [5.41, 5.74) is 8.46. The summed E-state index contributed by atoms with van der Waals surface area (Å²) >= 11 is 1.53. The average molecular weight is 314 g/mol. The number of benzene rings is 2. The number of amides is 2. The highest BCUT2D eigenvalue weighted by molar-refractivity contribution is 7.99. The Balaban J connectivity index is 1.86. The number of aryl methyl sites for hydroxylation is 1. The van der Waals surface area contributed by atoms with Crippen LogP contribution in [0.2, 0.25) is 0 Å². The SMILES string of the molecule is Cc1ccc(CSCC(=O)Nc2ccccc2C(N)=O)cc1. The van der Waals surface area contributed by atoms with Gasteiger partial charge in [-0.15, -0.1) is 11.8 Å². The molecule has 0 radical (unpaired) electrons. The number of carbonyl (C=O) groups is 2. The lowest BCUT2D eigenvalue weighted by Crippen LogP contribution is -2.19. The summed E-state index contributed by atoms with van der Waals surface area (Å²) in [7, 11) is 0. The van der Waals surface area contributed by atoms with E-state index in [4.69, 9.17) is 5.73 Å². The molecule has 2 amide bonds. The molecule has 0 bridgehead atoms. The van der Waals surface area contributed by atoms with Crippen LogP contribution in [0.3, 0.4) is 0 Å². The van der Waals surface area contributed by atoms with E-state index in [0.29, 0.717) is 17.0 Å². The molecule has 22 heavy (non-hydrogen) atoms. The summed E-state index contributed by atoms with van der Waals surface area (Å²) in [6.45, 7) is 2.04. The minimum Gasteiger partial charge on any atom is -0.366 e. The van der Waals surface area contributed by atoms with E-state index in [9.17, 15) is 9.59 Å². The Labute approximate surface area is 134 Å². The molecule has 0 atom stereocenters. The Morgan fingerprint density at radius 2 is 1.77 bits per heavy atom. The highest BCUT2D eigenvalue weighted by Gasteiger charge is 2.10. The molecular formula is C17H18N2O2S. The van der Waals surface area contributed by atoms with Crippen molar-refractivity contribution >= 4 is 29.3 Å². The highest BCUT2D eigenvalue weighted by atomic mass is 32.2. The van der Waals surface area contributed by atoms with Gasteiger partial charge in [0.1, 0.15) is 0 Å². The van der Waals surface area contributed by atoms with Crippen molar-refractivity contribution in [1.29, 1.82) is 0 Å². The molecule has 2 aromatic carbocycles. The number of primary amides is 1. The lowest BCUT2D eigenvalue weighted by atomic mass is 10.1. The van der Waals surface area contributed by atoms with Crippen LogP contribution in [-0.2, 0) is 10.5 Å². The van der Waals surface area contributed by atoms with Crippen LogP contribution in [-0.4, -0.2) is 17.6 Å². The third-order valence-corrected chi connectivity index (χ3v) is 4.09. The molecule has 0 aliphatic heterocycles. The standard InChI is InChI=1S/C17H18N2O2S/c1-12-6-8-13(9-7-12)10-22-11-16(20)19-15-5-3-2-4-14(15)17(18)21/h2-9H,10-11H2,1H3,(H2,18,21)(H,19,20). The molecule has 0 unspecified atom stereocenters. The first-order chi connectivity index (χ1) is 10.6. The normalized spacial score (nSPS) is 10.2. The summed E-state index contributed by atoms with van der Waals surface area (Å²) < 4.78 is 0. The van der Waals surface area contributed by atoms with E-state index in [-0.39, 0.29) is 5.91 Å². The zero-order chi connectivity index (χ0) is 15.9. The molecule has 0 aliphatic carbocycles. The Hall–Kier alpha value is -2.27. The zero-order valence-electron chi connectivity index (χ0n) is 12.3. The number of thioether (sulfide) groups is 1. The summed E-state index contributed by atoms with van der Waals surface area (Å²) in [6, 6.07) is 15.0. The van der Waals surface area contributed by atoms with Crippen molar-refractivity contribution in [1.82, 2.24) is 0 Å². The van der Waals surface area contributed by atoms with Crippen LogP contribution in [0.25, 0.3) is 0 Å². The van der Waals surface area contributed by atoms with Gasteiger partial charge in [-0.1, -0.05) is 42.0 Å². The van der Waals surface area contributed by atoms with Gasteiger partial charge in [-0.2, -0.15) is 0 Å². The van der Waals surface area contributed by atoms with Gasteiger partial charge in [0.15, 0.2) is 0 Å². The second-order valence-electron chi connectivity index (χ2n) is 4.94. The molecular weight excluding hydrogens is 296 g/mol. The van der Waals surface area contributed by atoms with Crippen LogP contribution in [0.4, 0.5) is 5.69 Å². The van der Waals surface area contributed by atoms with E-state index in [0.717, 1.165) is 5.75 Å². The molecule has 0 aliphatic rings. The van der Waals surface area contributed by atoms with Crippen molar-refractivity contribution < 1.29 is 9.59 Å². The number of anilines is 1. The van der Waals surface area contributed by atoms with Gasteiger partial charge in [0.05, 0.1) is 17.0 Å². The summed E-state index contributed by atoms with van der Waals surface area (Å²) in [6.07, 6.45) is 0. The second kappa shape index (κ2) is 7.66. The summed E-state index contributed by atoms with van der Waals surface area (Å²) in [5.74, 6) is 0.389. The summed E-state index contributed by atoms with van der Waals surface area (Å²) in [5, 5.41) is 2.73. The van der Waals surface area contributed by atoms with E-state index < -0.39 is 5.91 Å². The van der Waals surface area contributed by atoms with Crippen LogP contribution in [0.15, 0.2) is 48.5 Å². The fourth-order valence-corrected chi connectivity index (χ4v) is 2.73. The van der Waals surface area contributed by atoms with Crippen LogP contribution in [0.5, 0.6) is 0 Å². The van der Waals surface area contributed by atoms with Gasteiger partial charge in [-0.3, -0.25) is 9.59 Å². The first-order valence-corrected chi connectivity index (χ1v) is 8.03. The van der Waals surface area contributed by atoms with E-state index in [2.05, 4.69) is 29.6 Å². The fraction of sp³-hybridized carbons (Fsp3) is 0.176. The molecule has 114 valence electrons. The van der Waals surface area contributed by atoms with Gasteiger partial charge >= 0.3 is 0 Å². The lowest BCUT2D eigenvalue weighted by Gasteiger charge is -2.08. The topological polar surface area (TPSA) is 72.2 Å². The van der Waals surface area contributed by atoms with E-state index in [1.807, 2.05) is 6.92 Å². The van der Waals surface area contributed by atoms with Crippen LogP contribution in [0, 0.1) is 6.92 Å². The van der Waals surface area contributed by atoms with Crippen molar-refractivity contribution in [3.8, 4) is 0 Å². The molecule has 0 saturated carbocycles. The Kier molecular flexibility index (Phi) is 5.61. The lowest BCUT2D eigenvalue weighted by molar-refractivity contribution is -0.113. The minimum absolute atomic E-state index is 0.147. The van der Waals surface area contributed by atoms with Gasteiger partial charge in [-0.25, -0.2) is 0 Å². The number of para-hydroxylation sites is 1. The third kappa shape index (κ3) is 4.63. The maximum atomic E-state index is 11.9. The third-order valence-electron chi connectivity index (χ3n) is 3.09. The second-order valence-corrected chi connectivity index (χ2v) is 5.92. The number of nitrogens with one attached hydrogen (secondary N) is 1. The molecule has 0 fully saturated rings. The van der Waals surface area contributed by atoms with Gasteiger partial charge in [0.25, 0.3) is 5.91 Å². The maximum Gasteiger partial charge on any atom is 0.250 e. The molecule has 5 heteroatoms. The minimum atomic E-state index is -0.553. The molecule has 2 aromatic rings. The highest BCUT2D eigenvalue weighted by Crippen LogP contribution is 2.16. The Bertz CT molecular complexity index is 669. The van der Waals surface area contributed by atoms with E-state index in [1.165, 1.54) is 22.9 Å². The van der Waals surface area contributed by atoms with Gasteiger partial charge in [-0.05, 0) is 24.6 Å². The van der Waals surface area contributed by atoms with Crippen LogP contribution < -0.4 is 11.1 Å². The molecule has 3 N–H and O–H groups in total. The zero-order valence-corrected chi connectivity index (χ0v) is 13.2. The maximum absolute atomic E-state index is 11.9. The number of hydrogen-bond acceptors (Lipinski definition) is 3. The molecule has 0 saturated heterocycles. The van der Waals surface area contributed by atoms with Crippen LogP contribution in [0.1, 0.15) is 21.5 Å². The van der Waals surface area contributed by atoms with Crippen molar-refractivity contribution in [3.63, 3.8) is 0 Å². The Morgan fingerprint density at radius 3 is 2.45 bits per heavy atom. The van der Waals surface area contributed by atoms with Crippen molar-refractivity contribution in [2.45, 2.75) is 12.7 Å². The molecule has 0 aromatic heterocycles. The molecule has 2 rings (SSSR count). The van der Waals surface area contributed by atoms with Crippen molar-refractivity contribution in [2.75, 3.05) is 11.1 Å². The Morgan fingerprint density at radius 1 is 1.09 bits per heavy atom. The predicted molar refractivity (Wildman–Crippen MR) is 90.9 cm³/mol. The van der Waals surface area contributed by atoms with E-state index >= 15 is 0 Å². The average Bonchev–Trinajstić information content (AvgIpc) is 2.49. The molecule has 4 nitrogen and oxygen atoms in total.